The average Bonchev–Trinajstić information content (AvgIpc) is 3.22. The van der Waals surface area contributed by atoms with Crippen molar-refractivity contribution in [2.24, 2.45) is 13.0 Å². The Bertz CT molecular complexity index is 1060. The summed E-state index contributed by atoms with van der Waals surface area (Å²) in [5.41, 5.74) is 1.35. The average molecular weight is 477 g/mol. The summed E-state index contributed by atoms with van der Waals surface area (Å²) in [6.45, 7) is 0. The predicted molar refractivity (Wildman–Crippen MR) is 123 cm³/mol. The molecule has 0 aliphatic heterocycles. The van der Waals surface area contributed by atoms with Gasteiger partial charge >= 0.3 is 5.97 Å². The second-order valence-corrected chi connectivity index (χ2v) is 8.76. The molecule has 2 aromatic carbocycles. The number of aliphatic hydroxyl groups excluding tert-OH is 1. The molecule has 0 radical (unpaired) electrons. The maximum atomic E-state index is 14.9. The number of aryl methyl sites for hydroxylation is 1. The van der Waals surface area contributed by atoms with Gasteiger partial charge in [-0.2, -0.15) is 0 Å². The van der Waals surface area contributed by atoms with Crippen molar-refractivity contribution in [1.29, 1.82) is 0 Å². The highest BCUT2D eigenvalue weighted by Gasteiger charge is 2.38. The van der Waals surface area contributed by atoms with Gasteiger partial charge in [0.05, 0.1) is 19.1 Å². The molecule has 0 amide bonds. The first kappa shape index (κ1) is 24.7. The molecule has 2 atom stereocenters. The van der Waals surface area contributed by atoms with Crippen LogP contribution in [0.4, 0.5) is 8.78 Å². The second kappa shape index (κ2) is 10.8. The molecule has 1 heterocycles. The van der Waals surface area contributed by atoms with Gasteiger partial charge in [-0.15, -0.1) is 0 Å². The highest BCUT2D eigenvalue weighted by molar-refractivity contribution is 7.99. The number of methoxy groups -OCH3 is 1. The zero-order valence-corrected chi connectivity index (χ0v) is 19.1. The van der Waals surface area contributed by atoms with E-state index >= 15 is 0 Å². The molecule has 0 spiro atoms. The maximum Gasteiger partial charge on any atom is 0.306 e. The number of aliphatic hydroxyl groups is 1. The third-order valence-electron chi connectivity index (χ3n) is 5.32. The Balaban J connectivity index is 1.64. The SMILES string of the molecule is COc1ccc(-c2ccc(C(F)(F)CC(CC(O)CSc3nccn3C)C(=O)O)cc2)cc1. The van der Waals surface area contributed by atoms with Crippen LogP contribution >= 0.6 is 11.8 Å². The molecule has 33 heavy (non-hydrogen) atoms. The number of thioether (sulfide) groups is 1. The van der Waals surface area contributed by atoms with Gasteiger partial charge in [0, 0.05) is 37.2 Å². The van der Waals surface area contributed by atoms with Crippen LogP contribution in [0.15, 0.2) is 66.1 Å². The van der Waals surface area contributed by atoms with E-state index in [-0.39, 0.29) is 17.7 Å². The monoisotopic (exact) mass is 476 g/mol. The fourth-order valence-corrected chi connectivity index (χ4v) is 4.32. The molecule has 0 aliphatic carbocycles. The summed E-state index contributed by atoms with van der Waals surface area (Å²) < 4.78 is 36.7. The van der Waals surface area contributed by atoms with Crippen molar-refractivity contribution < 1.29 is 28.5 Å². The van der Waals surface area contributed by atoms with Gasteiger partial charge in [-0.3, -0.25) is 4.79 Å². The Kier molecular flexibility index (Phi) is 8.10. The summed E-state index contributed by atoms with van der Waals surface area (Å²) in [5.74, 6) is -5.24. The zero-order chi connectivity index (χ0) is 24.0. The predicted octanol–water partition coefficient (Wildman–Crippen LogP) is 4.82. The third kappa shape index (κ3) is 6.55. The Morgan fingerprint density at radius 1 is 1.15 bits per heavy atom. The number of halogens is 2. The Morgan fingerprint density at radius 2 is 1.76 bits per heavy atom. The summed E-state index contributed by atoms with van der Waals surface area (Å²) in [6.07, 6.45) is 1.13. The van der Waals surface area contributed by atoms with E-state index in [1.807, 2.05) is 12.1 Å². The fourth-order valence-electron chi connectivity index (χ4n) is 3.45. The molecule has 9 heteroatoms. The Morgan fingerprint density at radius 3 is 2.27 bits per heavy atom. The van der Waals surface area contributed by atoms with Crippen molar-refractivity contribution in [3.05, 3.63) is 66.5 Å². The van der Waals surface area contributed by atoms with E-state index in [1.54, 1.807) is 55.4 Å². The number of hydrogen-bond donors (Lipinski definition) is 2. The van der Waals surface area contributed by atoms with Crippen molar-refractivity contribution >= 4 is 17.7 Å². The van der Waals surface area contributed by atoms with E-state index in [2.05, 4.69) is 4.98 Å². The van der Waals surface area contributed by atoms with Crippen LogP contribution in [0.2, 0.25) is 0 Å². The first-order chi connectivity index (χ1) is 15.7. The number of imidazole rings is 1. The standard InChI is InChI=1S/C24H26F2N2O4S/c1-28-12-11-27-23(28)33-15-20(29)13-18(22(30)31)14-24(25,26)19-7-3-16(4-8-19)17-5-9-21(32-2)10-6-17/h3-12,18,20,29H,13-15H2,1-2H3,(H,30,31). The van der Waals surface area contributed by atoms with Crippen LogP contribution in [-0.4, -0.2) is 44.7 Å². The smallest absolute Gasteiger partial charge is 0.306 e. The molecule has 2 unspecified atom stereocenters. The molecule has 176 valence electrons. The van der Waals surface area contributed by atoms with Gasteiger partial charge in [0.25, 0.3) is 5.92 Å². The number of nitrogens with zero attached hydrogens (tertiary/aromatic N) is 2. The van der Waals surface area contributed by atoms with Gasteiger partial charge < -0.3 is 19.5 Å². The highest BCUT2D eigenvalue weighted by Crippen LogP contribution is 2.37. The molecule has 3 aromatic rings. The van der Waals surface area contributed by atoms with Gasteiger partial charge in [0.2, 0.25) is 0 Å². The van der Waals surface area contributed by atoms with Gasteiger partial charge in [0.1, 0.15) is 5.75 Å². The van der Waals surface area contributed by atoms with Crippen LogP contribution in [0.1, 0.15) is 18.4 Å². The number of rotatable bonds is 11. The Hall–Kier alpha value is -2.91. The van der Waals surface area contributed by atoms with Crippen molar-refractivity contribution in [2.75, 3.05) is 12.9 Å². The van der Waals surface area contributed by atoms with Gasteiger partial charge in [0.15, 0.2) is 5.16 Å². The molecule has 2 N–H and O–H groups in total. The molecular weight excluding hydrogens is 450 g/mol. The number of ether oxygens (including phenoxy) is 1. The van der Waals surface area contributed by atoms with Crippen LogP contribution in [0.5, 0.6) is 5.75 Å². The minimum absolute atomic E-state index is 0.163. The third-order valence-corrected chi connectivity index (χ3v) is 6.52. The molecule has 3 rings (SSSR count). The second-order valence-electron chi connectivity index (χ2n) is 7.77. The minimum Gasteiger partial charge on any atom is -0.497 e. The summed E-state index contributed by atoms with van der Waals surface area (Å²) in [4.78, 5) is 15.8. The van der Waals surface area contributed by atoms with Gasteiger partial charge in [-0.25, -0.2) is 13.8 Å². The lowest BCUT2D eigenvalue weighted by Crippen LogP contribution is -2.28. The number of hydrogen-bond acceptors (Lipinski definition) is 5. The number of carboxylic acids is 1. The summed E-state index contributed by atoms with van der Waals surface area (Å²) in [7, 11) is 3.36. The largest absolute Gasteiger partial charge is 0.497 e. The number of carbonyl (C=O) groups is 1. The van der Waals surface area contributed by atoms with Crippen molar-refractivity contribution in [3.63, 3.8) is 0 Å². The first-order valence-electron chi connectivity index (χ1n) is 10.3. The molecule has 0 fully saturated rings. The van der Waals surface area contributed by atoms with Crippen LogP contribution in [0.25, 0.3) is 11.1 Å². The molecule has 0 saturated heterocycles. The van der Waals surface area contributed by atoms with E-state index in [4.69, 9.17) is 4.74 Å². The topological polar surface area (TPSA) is 84.6 Å². The quantitative estimate of drug-likeness (QED) is 0.386. The lowest BCUT2D eigenvalue weighted by molar-refractivity contribution is -0.147. The molecule has 0 aliphatic rings. The van der Waals surface area contributed by atoms with E-state index in [1.165, 1.54) is 23.9 Å². The van der Waals surface area contributed by atoms with Crippen LogP contribution in [0.3, 0.4) is 0 Å². The number of aliphatic carboxylic acids is 1. The lowest BCUT2D eigenvalue weighted by Gasteiger charge is -2.23. The van der Waals surface area contributed by atoms with E-state index in [0.29, 0.717) is 10.9 Å². The Labute approximate surface area is 195 Å². The summed E-state index contributed by atoms with van der Waals surface area (Å²) in [5, 5.41) is 20.4. The number of benzene rings is 2. The van der Waals surface area contributed by atoms with Crippen LogP contribution < -0.4 is 4.74 Å². The lowest BCUT2D eigenvalue weighted by atomic mass is 9.91. The van der Waals surface area contributed by atoms with Crippen LogP contribution in [-0.2, 0) is 17.8 Å². The summed E-state index contributed by atoms with van der Waals surface area (Å²) in [6, 6.07) is 13.0. The van der Waals surface area contributed by atoms with Gasteiger partial charge in [-0.05, 0) is 29.7 Å². The van der Waals surface area contributed by atoms with Crippen molar-refractivity contribution in [1.82, 2.24) is 9.55 Å². The number of alkyl halides is 2. The number of aromatic nitrogens is 2. The summed E-state index contributed by atoms with van der Waals surface area (Å²) >= 11 is 1.25. The molecule has 6 nitrogen and oxygen atoms in total. The van der Waals surface area contributed by atoms with E-state index in [9.17, 15) is 23.8 Å². The van der Waals surface area contributed by atoms with E-state index in [0.717, 1.165) is 11.1 Å². The van der Waals surface area contributed by atoms with Crippen LogP contribution in [0, 0.1) is 5.92 Å². The zero-order valence-electron chi connectivity index (χ0n) is 18.3. The maximum absolute atomic E-state index is 14.9. The first-order valence-corrected chi connectivity index (χ1v) is 11.3. The minimum atomic E-state index is -3.35. The van der Waals surface area contributed by atoms with E-state index < -0.39 is 30.3 Å². The van der Waals surface area contributed by atoms with Gasteiger partial charge in [-0.1, -0.05) is 48.2 Å². The molecular formula is C24H26F2N2O4S. The number of carboxylic acid groups (broad SMARTS) is 1. The van der Waals surface area contributed by atoms with Crippen molar-refractivity contribution in [2.45, 2.75) is 30.0 Å². The fraction of sp³-hybridized carbons (Fsp3) is 0.333. The molecule has 0 bridgehead atoms. The normalized spacial score (nSPS) is 13.5. The molecule has 1 aromatic heterocycles. The highest BCUT2D eigenvalue weighted by atomic mass is 32.2. The molecule has 0 saturated carbocycles. The van der Waals surface area contributed by atoms with Crippen molar-refractivity contribution in [3.8, 4) is 16.9 Å².